The van der Waals surface area contributed by atoms with Crippen LogP contribution in [0.4, 0.5) is 4.79 Å². The number of aryl methyl sites for hydroxylation is 1. The number of imidazole rings is 1. The predicted octanol–water partition coefficient (Wildman–Crippen LogP) is 4.05. The van der Waals surface area contributed by atoms with Crippen LogP contribution >= 0.6 is 0 Å². The van der Waals surface area contributed by atoms with Crippen molar-refractivity contribution in [3.05, 3.63) is 30.1 Å². The lowest BCUT2D eigenvalue weighted by Crippen LogP contribution is -2.58. The Bertz CT molecular complexity index is 1250. The van der Waals surface area contributed by atoms with E-state index in [4.69, 9.17) is 19.2 Å². The average Bonchev–Trinajstić information content (AvgIpc) is 3.35. The van der Waals surface area contributed by atoms with Gasteiger partial charge in [0.25, 0.3) is 5.91 Å². The molecule has 1 aromatic heterocycles. The van der Waals surface area contributed by atoms with Gasteiger partial charge in [0.05, 0.1) is 36.2 Å². The van der Waals surface area contributed by atoms with Crippen LogP contribution in [0.25, 0.3) is 11.0 Å². The highest BCUT2D eigenvalue weighted by atomic mass is 16.6. The van der Waals surface area contributed by atoms with E-state index in [-0.39, 0.29) is 36.9 Å². The van der Waals surface area contributed by atoms with Gasteiger partial charge in [-0.15, -0.1) is 0 Å². The lowest BCUT2D eigenvalue weighted by Gasteiger charge is -2.44. The van der Waals surface area contributed by atoms with Crippen LogP contribution in [0.3, 0.4) is 0 Å². The third-order valence-corrected chi connectivity index (χ3v) is 7.84. The normalized spacial score (nSPS) is 19.6. The molecule has 43 heavy (non-hydrogen) atoms. The molecule has 0 unspecified atom stereocenters. The number of benzene rings is 1. The molecule has 1 aromatic carbocycles. The van der Waals surface area contributed by atoms with Crippen LogP contribution in [0, 0.1) is 11.8 Å². The third-order valence-electron chi connectivity index (χ3n) is 7.84. The summed E-state index contributed by atoms with van der Waals surface area (Å²) in [4.78, 5) is 51.7. The smallest absolute Gasteiger partial charge is 0.410 e. The van der Waals surface area contributed by atoms with Gasteiger partial charge in [-0.2, -0.15) is 0 Å². The van der Waals surface area contributed by atoms with Gasteiger partial charge in [0.15, 0.2) is 5.82 Å². The number of piperidine rings is 1. The van der Waals surface area contributed by atoms with Crippen molar-refractivity contribution in [1.82, 2.24) is 24.3 Å². The number of carbonyl (C=O) groups is 3. The summed E-state index contributed by atoms with van der Waals surface area (Å²) in [6.07, 6.45) is 1.69. The van der Waals surface area contributed by atoms with Crippen molar-refractivity contribution < 1.29 is 28.6 Å². The first-order chi connectivity index (χ1) is 20.5. The summed E-state index contributed by atoms with van der Waals surface area (Å²) in [5.41, 5.74) is 0.989. The molecule has 3 amide bonds. The number of para-hydroxylation sites is 2. The maximum Gasteiger partial charge on any atom is 0.410 e. The van der Waals surface area contributed by atoms with Crippen LogP contribution in [-0.4, -0.2) is 113 Å². The van der Waals surface area contributed by atoms with Crippen LogP contribution in [0.5, 0.6) is 0 Å². The fourth-order valence-electron chi connectivity index (χ4n) is 5.90. The number of likely N-dealkylation sites (tertiary alicyclic amines) is 1. The molecule has 2 aliphatic rings. The molecule has 2 aromatic rings. The Labute approximate surface area is 255 Å². The Hall–Kier alpha value is -3.18. The number of carbonyl (C=O) groups excluding carboxylic acids is 3. The van der Waals surface area contributed by atoms with Gasteiger partial charge in [-0.3, -0.25) is 9.59 Å². The van der Waals surface area contributed by atoms with Gasteiger partial charge in [0.1, 0.15) is 5.60 Å². The van der Waals surface area contributed by atoms with Crippen molar-refractivity contribution in [2.24, 2.45) is 11.8 Å². The Morgan fingerprint density at radius 2 is 1.79 bits per heavy atom. The van der Waals surface area contributed by atoms with Crippen LogP contribution in [0.1, 0.15) is 64.5 Å². The second-order valence-electron chi connectivity index (χ2n) is 13.0. The lowest BCUT2D eigenvalue weighted by atomic mass is 9.91. The summed E-state index contributed by atoms with van der Waals surface area (Å²) in [5.74, 6) is -0.118. The molecule has 11 heteroatoms. The number of amides is 3. The number of ether oxygens (including phenoxy) is 3. The molecule has 2 aliphatic heterocycles. The van der Waals surface area contributed by atoms with E-state index < -0.39 is 17.6 Å². The Morgan fingerprint density at radius 1 is 1.07 bits per heavy atom. The quantitative estimate of drug-likeness (QED) is 0.380. The highest BCUT2D eigenvalue weighted by Gasteiger charge is 2.41. The minimum Gasteiger partial charge on any atom is -0.444 e. The Balaban J connectivity index is 1.68. The van der Waals surface area contributed by atoms with Crippen LogP contribution in [0.2, 0.25) is 0 Å². The molecule has 4 rings (SSSR count). The zero-order valence-electron chi connectivity index (χ0n) is 26.7. The summed E-state index contributed by atoms with van der Waals surface area (Å²) in [6, 6.07) is 7.41. The standard InChI is InChI=1S/C32H49N5O6/c1-23(2)20-37(30(39)28-33-26-11-7-8-12-27(26)36(28)13-9-10-16-41-6)25-19-24(29(38)34-14-17-42-18-15-34)21-35(22-25)31(40)43-32(3,4)5/h7-8,11-12,23-25H,9-10,13-22H2,1-6H3/t24-,25-/m1/s1. The average molecular weight is 600 g/mol. The van der Waals surface area contributed by atoms with Gasteiger partial charge in [-0.25, -0.2) is 9.78 Å². The summed E-state index contributed by atoms with van der Waals surface area (Å²) < 4.78 is 18.5. The fraction of sp³-hybridized carbons (Fsp3) is 0.688. The van der Waals surface area contributed by atoms with E-state index in [2.05, 4.69) is 13.8 Å². The molecular weight excluding hydrogens is 550 g/mol. The second kappa shape index (κ2) is 14.5. The van der Waals surface area contributed by atoms with Gasteiger partial charge in [0, 0.05) is 53.0 Å². The molecule has 0 spiro atoms. The SMILES string of the molecule is COCCCCn1c(C(=O)N(CC(C)C)[C@@H]2C[C@@H](C(=O)N3CCOCC3)CN(C(=O)OC(C)(C)C)C2)nc2ccccc21. The van der Waals surface area contributed by atoms with E-state index in [0.717, 1.165) is 23.9 Å². The number of nitrogens with zero attached hydrogens (tertiary/aromatic N) is 5. The van der Waals surface area contributed by atoms with Gasteiger partial charge < -0.3 is 33.5 Å². The number of morpholine rings is 1. The monoisotopic (exact) mass is 599 g/mol. The van der Waals surface area contributed by atoms with E-state index in [9.17, 15) is 14.4 Å². The van der Waals surface area contributed by atoms with E-state index in [1.165, 1.54) is 0 Å². The van der Waals surface area contributed by atoms with Crippen molar-refractivity contribution in [1.29, 1.82) is 0 Å². The first-order valence-electron chi connectivity index (χ1n) is 15.6. The molecule has 238 valence electrons. The maximum absolute atomic E-state index is 14.5. The summed E-state index contributed by atoms with van der Waals surface area (Å²) in [7, 11) is 1.69. The zero-order chi connectivity index (χ0) is 31.1. The number of methoxy groups -OCH3 is 1. The number of aromatic nitrogens is 2. The van der Waals surface area contributed by atoms with Crippen molar-refractivity contribution in [3.8, 4) is 0 Å². The number of rotatable bonds is 10. The van der Waals surface area contributed by atoms with Crippen LogP contribution in [-0.2, 0) is 25.5 Å². The van der Waals surface area contributed by atoms with Crippen molar-refractivity contribution in [3.63, 3.8) is 0 Å². The van der Waals surface area contributed by atoms with E-state index in [0.29, 0.717) is 58.2 Å². The van der Waals surface area contributed by atoms with Crippen LogP contribution in [0.15, 0.2) is 24.3 Å². The van der Waals surface area contributed by atoms with Crippen molar-refractivity contribution in [2.75, 3.05) is 59.7 Å². The van der Waals surface area contributed by atoms with Gasteiger partial charge in [-0.05, 0) is 58.1 Å². The Kier molecular flexibility index (Phi) is 11.1. The molecule has 0 saturated carbocycles. The second-order valence-corrected chi connectivity index (χ2v) is 13.0. The molecule has 2 atom stereocenters. The molecule has 2 saturated heterocycles. The summed E-state index contributed by atoms with van der Waals surface area (Å²) >= 11 is 0. The topological polar surface area (TPSA) is 106 Å². The van der Waals surface area contributed by atoms with Gasteiger partial charge in [-0.1, -0.05) is 26.0 Å². The molecule has 0 N–H and O–H groups in total. The number of hydrogen-bond donors (Lipinski definition) is 0. The van der Waals surface area contributed by atoms with Gasteiger partial charge >= 0.3 is 6.09 Å². The minimum atomic E-state index is -0.686. The summed E-state index contributed by atoms with van der Waals surface area (Å²) in [5, 5.41) is 0. The molecule has 0 radical (unpaired) electrons. The maximum atomic E-state index is 14.5. The molecular formula is C32H49N5O6. The lowest BCUT2D eigenvalue weighted by molar-refractivity contribution is -0.142. The summed E-state index contributed by atoms with van der Waals surface area (Å²) in [6.45, 7) is 13.9. The molecule has 0 bridgehead atoms. The largest absolute Gasteiger partial charge is 0.444 e. The minimum absolute atomic E-state index is 0.0103. The molecule has 3 heterocycles. The Morgan fingerprint density at radius 3 is 2.47 bits per heavy atom. The van der Waals surface area contributed by atoms with E-state index in [1.54, 1.807) is 12.0 Å². The molecule has 11 nitrogen and oxygen atoms in total. The number of fused-ring (bicyclic) bond motifs is 1. The first-order valence-corrected chi connectivity index (χ1v) is 15.6. The van der Waals surface area contributed by atoms with Crippen LogP contribution < -0.4 is 0 Å². The van der Waals surface area contributed by atoms with Crippen molar-refractivity contribution >= 4 is 28.9 Å². The highest BCUT2D eigenvalue weighted by molar-refractivity contribution is 5.95. The van der Waals surface area contributed by atoms with Gasteiger partial charge in [0.2, 0.25) is 5.91 Å². The van der Waals surface area contributed by atoms with E-state index >= 15 is 0 Å². The van der Waals surface area contributed by atoms with E-state index in [1.807, 2.05) is 59.4 Å². The fourth-order valence-corrected chi connectivity index (χ4v) is 5.90. The molecule has 0 aliphatic carbocycles. The predicted molar refractivity (Wildman–Crippen MR) is 164 cm³/mol. The first kappa shape index (κ1) is 32.7. The highest BCUT2D eigenvalue weighted by Crippen LogP contribution is 2.28. The third kappa shape index (κ3) is 8.47. The number of unbranched alkanes of at least 4 members (excludes halogenated alkanes) is 1. The zero-order valence-corrected chi connectivity index (χ0v) is 26.7. The molecule has 2 fully saturated rings. The number of hydrogen-bond acceptors (Lipinski definition) is 7. The van der Waals surface area contributed by atoms with Crippen molar-refractivity contribution in [2.45, 2.75) is 72.1 Å².